The molecule has 3 rings (SSSR count). The van der Waals surface area contributed by atoms with Crippen LogP contribution in [-0.4, -0.2) is 30.5 Å². The lowest BCUT2D eigenvalue weighted by atomic mass is 10.0. The maximum Gasteiger partial charge on any atom is 0.307 e. The smallest absolute Gasteiger partial charge is 0.307 e. The minimum absolute atomic E-state index is 0.103. The zero-order valence-electron chi connectivity index (χ0n) is 14.5. The van der Waals surface area contributed by atoms with Crippen molar-refractivity contribution in [2.24, 2.45) is 0 Å². The lowest BCUT2D eigenvalue weighted by molar-refractivity contribution is -0.140. The second kappa shape index (κ2) is 7.62. The molecule has 2 aromatic carbocycles. The van der Waals surface area contributed by atoms with Crippen LogP contribution in [0, 0.1) is 0 Å². The average molecular weight is 372 g/mol. The van der Waals surface area contributed by atoms with Crippen molar-refractivity contribution in [1.29, 1.82) is 0 Å². The molecular formula is C20H18ClNO4. The van der Waals surface area contributed by atoms with E-state index in [9.17, 15) is 9.59 Å². The summed E-state index contributed by atoms with van der Waals surface area (Å²) in [6.45, 7) is 0.407. The predicted molar refractivity (Wildman–Crippen MR) is 100 cm³/mol. The van der Waals surface area contributed by atoms with E-state index in [0.717, 1.165) is 10.9 Å². The van der Waals surface area contributed by atoms with Gasteiger partial charge in [0, 0.05) is 40.3 Å². The summed E-state index contributed by atoms with van der Waals surface area (Å²) in [5.74, 6) is 0.273. The first kappa shape index (κ1) is 18.0. The molecule has 0 amide bonds. The van der Waals surface area contributed by atoms with Gasteiger partial charge in [0.05, 0.1) is 26.2 Å². The van der Waals surface area contributed by atoms with Crippen molar-refractivity contribution in [3.63, 3.8) is 0 Å². The molecule has 0 aliphatic rings. The van der Waals surface area contributed by atoms with Crippen LogP contribution < -0.4 is 4.74 Å². The van der Waals surface area contributed by atoms with E-state index >= 15 is 0 Å². The molecule has 0 aliphatic heterocycles. The second-order valence-electron chi connectivity index (χ2n) is 5.78. The minimum Gasteiger partial charge on any atom is -0.497 e. The molecule has 0 radical (unpaired) electrons. The zero-order valence-corrected chi connectivity index (χ0v) is 15.2. The van der Waals surface area contributed by atoms with Gasteiger partial charge in [0.15, 0.2) is 5.78 Å². The molecule has 0 N–H and O–H groups in total. The molecule has 26 heavy (non-hydrogen) atoms. The van der Waals surface area contributed by atoms with Crippen LogP contribution in [0.4, 0.5) is 0 Å². The van der Waals surface area contributed by atoms with Crippen LogP contribution in [-0.2, 0) is 16.1 Å². The predicted octanol–water partition coefficient (Wildman–Crippen LogP) is 4.10. The number of aryl methyl sites for hydroxylation is 1. The van der Waals surface area contributed by atoms with Gasteiger partial charge in [-0.25, -0.2) is 0 Å². The number of rotatable bonds is 6. The van der Waals surface area contributed by atoms with E-state index in [4.69, 9.17) is 21.1 Å². The largest absolute Gasteiger partial charge is 0.497 e. The van der Waals surface area contributed by atoms with E-state index in [-0.39, 0.29) is 18.2 Å². The summed E-state index contributed by atoms with van der Waals surface area (Å²) in [5.41, 5.74) is 1.94. The number of halogens is 1. The number of ether oxygens (including phenoxy) is 2. The van der Waals surface area contributed by atoms with Crippen LogP contribution in [0.1, 0.15) is 22.3 Å². The standard InChI is InChI=1S/C20H18ClNO4/c1-25-15-7-8-16-17(20(24)13-3-5-14(21)6-4-13)12-22(18(16)11-15)10-9-19(23)26-2/h3-8,11-12H,9-10H2,1-2H3. The third-order valence-electron chi connectivity index (χ3n) is 4.22. The van der Waals surface area contributed by atoms with Crippen LogP contribution in [0.3, 0.4) is 0 Å². The van der Waals surface area contributed by atoms with Crippen LogP contribution >= 0.6 is 11.6 Å². The van der Waals surface area contributed by atoms with Gasteiger partial charge in [-0.1, -0.05) is 11.6 Å². The fourth-order valence-corrected chi connectivity index (χ4v) is 2.96. The first-order valence-electron chi connectivity index (χ1n) is 8.07. The fourth-order valence-electron chi connectivity index (χ4n) is 2.84. The van der Waals surface area contributed by atoms with Gasteiger partial charge in [0.1, 0.15) is 5.75 Å². The molecule has 0 atom stereocenters. The molecule has 134 valence electrons. The number of carbonyl (C=O) groups is 2. The Balaban J connectivity index is 2.05. The molecule has 0 unspecified atom stereocenters. The van der Waals surface area contributed by atoms with E-state index in [1.807, 2.05) is 22.8 Å². The van der Waals surface area contributed by atoms with Crippen molar-refractivity contribution in [2.45, 2.75) is 13.0 Å². The number of fused-ring (bicyclic) bond motifs is 1. The molecule has 0 bridgehead atoms. The summed E-state index contributed by atoms with van der Waals surface area (Å²) < 4.78 is 11.9. The highest BCUT2D eigenvalue weighted by molar-refractivity contribution is 6.30. The number of hydrogen-bond acceptors (Lipinski definition) is 4. The van der Waals surface area contributed by atoms with Crippen LogP contribution in [0.25, 0.3) is 10.9 Å². The van der Waals surface area contributed by atoms with E-state index in [0.29, 0.717) is 28.4 Å². The van der Waals surface area contributed by atoms with Gasteiger partial charge in [-0.05, 0) is 36.4 Å². The van der Waals surface area contributed by atoms with Gasteiger partial charge < -0.3 is 14.0 Å². The average Bonchev–Trinajstić information content (AvgIpc) is 3.03. The zero-order chi connectivity index (χ0) is 18.7. The van der Waals surface area contributed by atoms with Crippen molar-refractivity contribution in [3.8, 4) is 5.75 Å². The molecule has 0 saturated carbocycles. The normalized spacial score (nSPS) is 10.7. The second-order valence-corrected chi connectivity index (χ2v) is 6.22. The Bertz CT molecular complexity index is 960. The number of benzene rings is 2. The Labute approximate surface area is 156 Å². The van der Waals surface area contributed by atoms with E-state index in [1.54, 1.807) is 37.6 Å². The van der Waals surface area contributed by atoms with E-state index < -0.39 is 0 Å². The van der Waals surface area contributed by atoms with E-state index in [1.165, 1.54) is 7.11 Å². The highest BCUT2D eigenvalue weighted by Crippen LogP contribution is 2.28. The van der Waals surface area contributed by atoms with Gasteiger partial charge in [-0.15, -0.1) is 0 Å². The Morgan fingerprint density at radius 2 is 1.81 bits per heavy atom. The van der Waals surface area contributed by atoms with Crippen molar-refractivity contribution >= 4 is 34.3 Å². The maximum absolute atomic E-state index is 13.0. The monoisotopic (exact) mass is 371 g/mol. The maximum atomic E-state index is 13.0. The number of ketones is 1. The summed E-state index contributed by atoms with van der Waals surface area (Å²) in [7, 11) is 2.94. The minimum atomic E-state index is -0.305. The van der Waals surface area contributed by atoms with Gasteiger partial charge in [0.2, 0.25) is 0 Å². The molecule has 5 nitrogen and oxygen atoms in total. The van der Waals surface area contributed by atoms with Crippen molar-refractivity contribution in [1.82, 2.24) is 4.57 Å². The van der Waals surface area contributed by atoms with Crippen LogP contribution in [0.5, 0.6) is 5.75 Å². The van der Waals surface area contributed by atoms with Crippen molar-refractivity contribution in [3.05, 3.63) is 64.8 Å². The Hall–Kier alpha value is -2.79. The molecule has 1 heterocycles. The quantitative estimate of drug-likeness (QED) is 0.483. The molecule has 6 heteroatoms. The van der Waals surface area contributed by atoms with Crippen LogP contribution in [0.15, 0.2) is 48.7 Å². The molecule has 1 aromatic heterocycles. The topological polar surface area (TPSA) is 57.5 Å². The molecule has 0 spiro atoms. The van der Waals surface area contributed by atoms with Gasteiger partial charge in [0.25, 0.3) is 0 Å². The van der Waals surface area contributed by atoms with E-state index in [2.05, 4.69) is 0 Å². The number of carbonyl (C=O) groups excluding carboxylic acids is 2. The lowest BCUT2D eigenvalue weighted by Crippen LogP contribution is -2.06. The fraction of sp³-hybridized carbons (Fsp3) is 0.200. The molecule has 0 saturated heterocycles. The first-order valence-corrected chi connectivity index (χ1v) is 8.45. The van der Waals surface area contributed by atoms with Crippen LogP contribution in [0.2, 0.25) is 5.02 Å². The summed E-state index contributed by atoms with van der Waals surface area (Å²) in [5, 5.41) is 1.38. The number of hydrogen-bond donors (Lipinski definition) is 0. The Morgan fingerprint density at radius 3 is 2.46 bits per heavy atom. The molecule has 0 aliphatic carbocycles. The SMILES string of the molecule is COC(=O)CCn1cc(C(=O)c2ccc(Cl)cc2)c2ccc(OC)cc21. The summed E-state index contributed by atoms with van der Waals surface area (Å²) in [6, 6.07) is 12.3. The highest BCUT2D eigenvalue weighted by Gasteiger charge is 2.18. The van der Waals surface area contributed by atoms with Gasteiger partial charge >= 0.3 is 5.97 Å². The van der Waals surface area contributed by atoms with Crippen molar-refractivity contribution < 1.29 is 19.1 Å². The summed E-state index contributed by atoms with van der Waals surface area (Å²) in [6.07, 6.45) is 1.98. The molecule has 3 aromatic rings. The third kappa shape index (κ3) is 3.58. The number of aromatic nitrogens is 1. The molecular weight excluding hydrogens is 354 g/mol. The molecule has 0 fully saturated rings. The Kier molecular flexibility index (Phi) is 5.28. The Morgan fingerprint density at radius 1 is 1.08 bits per heavy atom. The third-order valence-corrected chi connectivity index (χ3v) is 4.48. The number of methoxy groups -OCH3 is 2. The lowest BCUT2D eigenvalue weighted by Gasteiger charge is -2.05. The van der Waals surface area contributed by atoms with Gasteiger partial charge in [-0.2, -0.15) is 0 Å². The summed E-state index contributed by atoms with van der Waals surface area (Å²) >= 11 is 5.91. The first-order chi connectivity index (χ1) is 12.5. The number of esters is 1. The number of nitrogens with zero attached hydrogens (tertiary/aromatic N) is 1. The summed E-state index contributed by atoms with van der Waals surface area (Å²) in [4.78, 5) is 24.5. The highest BCUT2D eigenvalue weighted by atomic mass is 35.5. The van der Waals surface area contributed by atoms with Crippen molar-refractivity contribution in [2.75, 3.05) is 14.2 Å². The van der Waals surface area contributed by atoms with Gasteiger partial charge in [-0.3, -0.25) is 9.59 Å².